The van der Waals surface area contributed by atoms with Crippen molar-refractivity contribution in [2.45, 2.75) is 51.7 Å². The van der Waals surface area contributed by atoms with Gasteiger partial charge in [-0.15, -0.1) is 0 Å². The van der Waals surface area contributed by atoms with Gasteiger partial charge in [0.25, 0.3) is 0 Å². The van der Waals surface area contributed by atoms with Crippen LogP contribution in [0.2, 0.25) is 0 Å². The fraction of sp³-hybridized carbons (Fsp3) is 0.929. The smallest absolute Gasteiger partial charge is 0.410 e. The van der Waals surface area contributed by atoms with Crippen LogP contribution in [0.1, 0.15) is 40.0 Å². The molecule has 1 atom stereocenters. The van der Waals surface area contributed by atoms with Gasteiger partial charge in [-0.05, 0) is 40.2 Å². The zero-order valence-corrected chi connectivity index (χ0v) is 12.8. The molecule has 1 saturated heterocycles. The summed E-state index contributed by atoms with van der Waals surface area (Å²) in [6.07, 6.45) is 3.35. The number of amides is 1. The van der Waals surface area contributed by atoms with Crippen molar-refractivity contribution >= 4 is 6.09 Å². The minimum atomic E-state index is -0.436. The Balaban J connectivity index is 2.49. The molecule has 2 N–H and O–H groups in total. The third-order valence-corrected chi connectivity index (χ3v) is 3.36. The Kier molecular flexibility index (Phi) is 6.07. The maximum Gasteiger partial charge on any atom is 0.410 e. The van der Waals surface area contributed by atoms with Crippen molar-refractivity contribution in [2.75, 3.05) is 33.2 Å². The number of nitrogens with two attached hydrogens (primary N) is 1. The van der Waals surface area contributed by atoms with Crippen LogP contribution in [0, 0.1) is 0 Å². The highest BCUT2D eigenvalue weighted by Gasteiger charge is 2.26. The Morgan fingerprint density at radius 2 is 2.11 bits per heavy atom. The summed E-state index contributed by atoms with van der Waals surface area (Å²) in [5.74, 6) is 0. The van der Waals surface area contributed by atoms with E-state index in [4.69, 9.17) is 10.5 Å². The van der Waals surface area contributed by atoms with Crippen LogP contribution in [0.3, 0.4) is 0 Å². The standard InChI is InChI=1S/C14H29N3O2/c1-14(2,3)19-13(18)16(4)11-12-7-5-6-9-17(12)10-8-15/h12H,5-11,15H2,1-4H3. The number of hydrogen-bond acceptors (Lipinski definition) is 4. The van der Waals surface area contributed by atoms with Gasteiger partial charge in [0, 0.05) is 32.7 Å². The fourth-order valence-corrected chi connectivity index (χ4v) is 2.46. The van der Waals surface area contributed by atoms with Crippen LogP contribution in [0.15, 0.2) is 0 Å². The van der Waals surface area contributed by atoms with Gasteiger partial charge in [0.1, 0.15) is 5.60 Å². The van der Waals surface area contributed by atoms with Gasteiger partial charge in [-0.3, -0.25) is 4.90 Å². The lowest BCUT2D eigenvalue weighted by atomic mass is 10.0. The molecule has 1 fully saturated rings. The number of carbonyl (C=O) groups excluding carboxylic acids is 1. The summed E-state index contributed by atoms with van der Waals surface area (Å²) < 4.78 is 5.38. The van der Waals surface area contributed by atoms with Crippen molar-refractivity contribution in [3.8, 4) is 0 Å². The van der Waals surface area contributed by atoms with Crippen LogP contribution < -0.4 is 5.73 Å². The van der Waals surface area contributed by atoms with Crippen LogP contribution >= 0.6 is 0 Å². The van der Waals surface area contributed by atoms with Gasteiger partial charge >= 0.3 is 6.09 Å². The zero-order valence-electron chi connectivity index (χ0n) is 12.8. The zero-order chi connectivity index (χ0) is 14.5. The van der Waals surface area contributed by atoms with Crippen LogP contribution in [0.5, 0.6) is 0 Å². The van der Waals surface area contributed by atoms with Gasteiger partial charge in [0.05, 0.1) is 0 Å². The lowest BCUT2D eigenvalue weighted by molar-refractivity contribution is 0.0219. The molecule has 1 aliphatic rings. The fourth-order valence-electron chi connectivity index (χ4n) is 2.46. The van der Waals surface area contributed by atoms with Crippen LogP contribution in [0.25, 0.3) is 0 Å². The largest absolute Gasteiger partial charge is 0.444 e. The van der Waals surface area contributed by atoms with Crippen molar-refractivity contribution in [3.05, 3.63) is 0 Å². The van der Waals surface area contributed by atoms with E-state index in [2.05, 4.69) is 4.90 Å². The molecule has 0 radical (unpaired) electrons. The number of rotatable bonds is 4. The minimum Gasteiger partial charge on any atom is -0.444 e. The molecule has 1 amide bonds. The summed E-state index contributed by atoms with van der Waals surface area (Å²) in [4.78, 5) is 16.0. The second-order valence-electron chi connectivity index (χ2n) is 6.34. The van der Waals surface area contributed by atoms with Gasteiger partial charge < -0.3 is 15.4 Å². The van der Waals surface area contributed by atoms with Gasteiger partial charge in [-0.25, -0.2) is 4.79 Å². The molecule has 0 spiro atoms. The molecule has 0 saturated carbocycles. The second-order valence-corrected chi connectivity index (χ2v) is 6.34. The molecule has 0 bridgehead atoms. The number of piperidine rings is 1. The van der Waals surface area contributed by atoms with E-state index in [1.165, 1.54) is 12.8 Å². The van der Waals surface area contributed by atoms with E-state index >= 15 is 0 Å². The summed E-state index contributed by atoms with van der Waals surface area (Å²) in [7, 11) is 1.81. The normalized spacial score (nSPS) is 21.2. The Bertz CT molecular complexity index is 287. The number of likely N-dealkylation sites (N-methyl/N-ethyl adjacent to an activating group) is 1. The highest BCUT2D eigenvalue weighted by molar-refractivity contribution is 5.67. The number of carbonyl (C=O) groups is 1. The first-order valence-corrected chi connectivity index (χ1v) is 7.21. The molecule has 1 aliphatic heterocycles. The average molecular weight is 271 g/mol. The average Bonchev–Trinajstić information content (AvgIpc) is 2.29. The molecule has 112 valence electrons. The summed E-state index contributed by atoms with van der Waals surface area (Å²) in [6.45, 7) is 9.05. The van der Waals surface area contributed by atoms with Gasteiger partial charge in [0.2, 0.25) is 0 Å². The van der Waals surface area contributed by atoms with Crippen molar-refractivity contribution in [3.63, 3.8) is 0 Å². The first-order chi connectivity index (χ1) is 8.83. The van der Waals surface area contributed by atoms with E-state index in [0.29, 0.717) is 12.6 Å². The van der Waals surface area contributed by atoms with Gasteiger partial charge in [-0.2, -0.15) is 0 Å². The van der Waals surface area contributed by atoms with E-state index in [9.17, 15) is 4.79 Å². The SMILES string of the molecule is CN(CC1CCCCN1CCN)C(=O)OC(C)(C)C. The molecule has 1 rings (SSSR count). The van der Waals surface area contributed by atoms with Crippen molar-refractivity contribution < 1.29 is 9.53 Å². The van der Waals surface area contributed by atoms with Crippen LogP contribution in [0.4, 0.5) is 4.79 Å². The molecule has 19 heavy (non-hydrogen) atoms. The van der Waals surface area contributed by atoms with Gasteiger partial charge in [-0.1, -0.05) is 6.42 Å². The summed E-state index contributed by atoms with van der Waals surface area (Å²) in [5.41, 5.74) is 5.21. The van der Waals surface area contributed by atoms with Crippen molar-refractivity contribution in [2.24, 2.45) is 5.73 Å². The number of hydrogen-bond donors (Lipinski definition) is 1. The molecule has 5 nitrogen and oxygen atoms in total. The Hall–Kier alpha value is -0.810. The van der Waals surface area contributed by atoms with E-state index in [1.807, 2.05) is 27.8 Å². The molecule has 0 aromatic heterocycles. The first kappa shape index (κ1) is 16.2. The molecular formula is C14H29N3O2. The molecular weight excluding hydrogens is 242 g/mol. The topological polar surface area (TPSA) is 58.8 Å². The maximum atomic E-state index is 12.0. The van der Waals surface area contributed by atoms with Gasteiger partial charge in [0.15, 0.2) is 0 Å². The van der Waals surface area contributed by atoms with E-state index in [1.54, 1.807) is 4.90 Å². The number of nitrogens with zero attached hydrogens (tertiary/aromatic N) is 2. The lowest BCUT2D eigenvalue weighted by Gasteiger charge is -2.37. The third-order valence-electron chi connectivity index (χ3n) is 3.36. The summed E-state index contributed by atoms with van der Waals surface area (Å²) >= 11 is 0. The van der Waals surface area contributed by atoms with Crippen molar-refractivity contribution in [1.82, 2.24) is 9.80 Å². The Morgan fingerprint density at radius 1 is 1.42 bits per heavy atom. The Labute approximate surface area is 117 Å². The van der Waals surface area contributed by atoms with Crippen LogP contribution in [-0.4, -0.2) is 60.8 Å². The van der Waals surface area contributed by atoms with E-state index in [0.717, 1.165) is 26.1 Å². The number of likely N-dealkylation sites (tertiary alicyclic amines) is 1. The monoisotopic (exact) mass is 271 g/mol. The molecule has 1 unspecified atom stereocenters. The molecule has 5 heteroatoms. The molecule has 0 aliphatic carbocycles. The minimum absolute atomic E-state index is 0.245. The third kappa shape index (κ3) is 5.78. The molecule has 0 aromatic rings. The predicted molar refractivity (Wildman–Crippen MR) is 77.1 cm³/mol. The summed E-state index contributed by atoms with van der Waals surface area (Å²) in [6, 6.07) is 0.412. The van der Waals surface area contributed by atoms with E-state index < -0.39 is 5.60 Å². The predicted octanol–water partition coefficient (Wildman–Crippen LogP) is 1.67. The quantitative estimate of drug-likeness (QED) is 0.845. The Morgan fingerprint density at radius 3 is 2.68 bits per heavy atom. The lowest BCUT2D eigenvalue weighted by Crippen LogP contribution is -2.49. The summed E-state index contributed by atoms with van der Waals surface area (Å²) in [5, 5.41) is 0. The number of ether oxygens (including phenoxy) is 1. The highest BCUT2D eigenvalue weighted by Crippen LogP contribution is 2.18. The second kappa shape index (κ2) is 7.10. The van der Waals surface area contributed by atoms with Crippen LogP contribution in [-0.2, 0) is 4.74 Å². The molecule has 1 heterocycles. The maximum absolute atomic E-state index is 12.0. The highest BCUT2D eigenvalue weighted by atomic mass is 16.6. The van der Waals surface area contributed by atoms with E-state index in [-0.39, 0.29) is 6.09 Å². The van der Waals surface area contributed by atoms with Crippen molar-refractivity contribution in [1.29, 1.82) is 0 Å². The molecule has 0 aromatic carbocycles. The first-order valence-electron chi connectivity index (χ1n) is 7.21.